The lowest BCUT2D eigenvalue weighted by atomic mass is 9.83. The van der Waals surface area contributed by atoms with E-state index in [1.807, 2.05) is 12.1 Å². The maximum absolute atomic E-state index is 11.8. The van der Waals surface area contributed by atoms with Gasteiger partial charge in [0.05, 0.1) is 16.3 Å². The van der Waals surface area contributed by atoms with E-state index in [-0.39, 0.29) is 5.91 Å². The van der Waals surface area contributed by atoms with Crippen molar-refractivity contribution in [2.45, 2.75) is 25.7 Å². The summed E-state index contributed by atoms with van der Waals surface area (Å²) in [5.41, 5.74) is 5.31. The molecule has 0 saturated heterocycles. The molecule has 2 rings (SSSR count). The predicted octanol–water partition coefficient (Wildman–Crippen LogP) is 1.98. The number of carbonyl (C=O) groups excluding carboxylic acids is 1. The minimum Gasteiger partial charge on any atom is -0.351 e. The lowest BCUT2D eigenvalue weighted by Gasteiger charge is -2.24. The first kappa shape index (κ1) is 13.1. The van der Waals surface area contributed by atoms with Gasteiger partial charge in [0, 0.05) is 6.54 Å². The quantitative estimate of drug-likeness (QED) is 0.815. The van der Waals surface area contributed by atoms with Crippen molar-refractivity contribution in [3.8, 4) is 11.8 Å². The number of nitrogens with one attached hydrogen (secondary N) is 1. The number of thiophene rings is 1. The lowest BCUT2D eigenvalue weighted by Crippen LogP contribution is -2.26. The molecule has 18 heavy (non-hydrogen) atoms. The van der Waals surface area contributed by atoms with Crippen molar-refractivity contribution in [1.82, 2.24) is 5.32 Å². The Balaban J connectivity index is 1.78. The number of nitrogens with two attached hydrogens (primary N) is 1. The van der Waals surface area contributed by atoms with Crippen LogP contribution in [0.3, 0.4) is 0 Å². The van der Waals surface area contributed by atoms with E-state index in [4.69, 9.17) is 5.73 Å². The van der Waals surface area contributed by atoms with Crippen molar-refractivity contribution < 1.29 is 4.79 Å². The van der Waals surface area contributed by atoms with Crippen molar-refractivity contribution in [3.05, 3.63) is 21.9 Å². The Morgan fingerprint density at radius 1 is 1.50 bits per heavy atom. The Labute approximate surface area is 112 Å². The maximum Gasteiger partial charge on any atom is 0.261 e. The van der Waals surface area contributed by atoms with Crippen LogP contribution in [0.2, 0.25) is 0 Å². The second-order valence-electron chi connectivity index (χ2n) is 4.51. The average Bonchev–Trinajstić information content (AvgIpc) is 2.78. The largest absolute Gasteiger partial charge is 0.351 e. The summed E-state index contributed by atoms with van der Waals surface area (Å²) in [4.78, 5) is 13.5. The Morgan fingerprint density at radius 2 is 2.33 bits per heavy atom. The summed E-state index contributed by atoms with van der Waals surface area (Å²) >= 11 is 1.42. The highest BCUT2D eigenvalue weighted by Crippen LogP contribution is 2.28. The van der Waals surface area contributed by atoms with E-state index in [2.05, 4.69) is 17.2 Å². The van der Waals surface area contributed by atoms with Crippen molar-refractivity contribution in [3.63, 3.8) is 0 Å². The average molecular weight is 262 g/mol. The van der Waals surface area contributed by atoms with E-state index in [0.717, 1.165) is 28.6 Å². The highest BCUT2D eigenvalue weighted by Gasteiger charge is 2.17. The fraction of sp³-hybridized carbons (Fsp3) is 0.500. The van der Waals surface area contributed by atoms with Gasteiger partial charge < -0.3 is 11.1 Å². The zero-order valence-corrected chi connectivity index (χ0v) is 11.2. The minimum absolute atomic E-state index is 0.0140. The van der Waals surface area contributed by atoms with Gasteiger partial charge in [-0.25, -0.2) is 0 Å². The van der Waals surface area contributed by atoms with Crippen molar-refractivity contribution >= 4 is 17.2 Å². The molecule has 0 radical (unpaired) electrons. The summed E-state index contributed by atoms with van der Waals surface area (Å²) in [6.07, 6.45) is 5.12. The van der Waals surface area contributed by atoms with E-state index >= 15 is 0 Å². The van der Waals surface area contributed by atoms with Gasteiger partial charge in [-0.3, -0.25) is 4.79 Å². The van der Waals surface area contributed by atoms with E-state index in [9.17, 15) is 4.79 Å². The molecule has 1 aromatic heterocycles. The van der Waals surface area contributed by atoms with Crippen LogP contribution in [0.5, 0.6) is 0 Å². The fourth-order valence-corrected chi connectivity index (χ4v) is 2.72. The zero-order valence-electron chi connectivity index (χ0n) is 10.4. The minimum atomic E-state index is 0.0140. The first-order valence-electron chi connectivity index (χ1n) is 6.36. The summed E-state index contributed by atoms with van der Waals surface area (Å²) in [5, 5.41) is 2.97. The molecule has 0 aliphatic heterocycles. The molecule has 1 heterocycles. The van der Waals surface area contributed by atoms with Gasteiger partial charge in [0.2, 0.25) is 0 Å². The molecule has 0 bridgehead atoms. The number of carbonyl (C=O) groups is 1. The fourth-order valence-electron chi connectivity index (χ4n) is 1.92. The predicted molar refractivity (Wildman–Crippen MR) is 74.5 cm³/mol. The van der Waals surface area contributed by atoms with Crippen LogP contribution in [0, 0.1) is 17.8 Å². The molecule has 3 nitrogen and oxygen atoms in total. The Hall–Kier alpha value is -1.31. The van der Waals surface area contributed by atoms with Crippen LogP contribution in [0.4, 0.5) is 0 Å². The third-order valence-electron chi connectivity index (χ3n) is 3.21. The summed E-state index contributed by atoms with van der Waals surface area (Å²) in [6.45, 7) is 1.13. The Morgan fingerprint density at radius 3 is 3.00 bits per heavy atom. The molecule has 0 spiro atoms. The van der Waals surface area contributed by atoms with Gasteiger partial charge in [0.15, 0.2) is 0 Å². The molecule has 1 fully saturated rings. The van der Waals surface area contributed by atoms with Gasteiger partial charge in [-0.1, -0.05) is 31.1 Å². The molecule has 1 amide bonds. The third-order valence-corrected chi connectivity index (χ3v) is 4.21. The molecule has 0 atom stereocenters. The van der Waals surface area contributed by atoms with Crippen LogP contribution in [0.1, 0.15) is 40.2 Å². The standard InChI is InChI=1S/C14H18N2OS/c15-9-2-5-12-6-7-13(18-12)14(17)16-10-8-11-3-1-4-11/h6-7,11H,1,3-4,8-10,15H2,(H,16,17). The van der Waals surface area contributed by atoms with E-state index in [0.29, 0.717) is 6.54 Å². The van der Waals surface area contributed by atoms with Crippen LogP contribution in [0.15, 0.2) is 12.1 Å². The molecule has 1 aliphatic rings. The molecule has 1 aromatic rings. The highest BCUT2D eigenvalue weighted by atomic mass is 32.1. The number of hydrogen-bond donors (Lipinski definition) is 2. The molecule has 96 valence electrons. The Kier molecular flexibility index (Phi) is 4.80. The van der Waals surface area contributed by atoms with Crippen molar-refractivity contribution in [2.24, 2.45) is 11.7 Å². The summed E-state index contributed by atoms with van der Waals surface area (Å²) < 4.78 is 0. The third kappa shape index (κ3) is 3.59. The monoisotopic (exact) mass is 262 g/mol. The smallest absolute Gasteiger partial charge is 0.261 e. The first-order valence-corrected chi connectivity index (χ1v) is 7.18. The molecule has 3 N–H and O–H groups in total. The molecule has 0 unspecified atom stereocenters. The topological polar surface area (TPSA) is 55.1 Å². The van der Waals surface area contributed by atoms with Gasteiger partial charge in [0.1, 0.15) is 0 Å². The van der Waals surface area contributed by atoms with Crippen molar-refractivity contribution in [1.29, 1.82) is 0 Å². The molecule has 1 saturated carbocycles. The van der Waals surface area contributed by atoms with E-state index in [1.165, 1.54) is 30.6 Å². The SMILES string of the molecule is NCC#Cc1ccc(C(=O)NCCC2CCC2)s1. The van der Waals surface area contributed by atoms with Gasteiger partial charge >= 0.3 is 0 Å². The molecular weight excluding hydrogens is 244 g/mol. The second-order valence-corrected chi connectivity index (χ2v) is 5.60. The molecule has 4 heteroatoms. The summed E-state index contributed by atoms with van der Waals surface area (Å²) in [6, 6.07) is 3.69. The number of amides is 1. The zero-order chi connectivity index (χ0) is 12.8. The molecular formula is C14H18N2OS. The number of rotatable bonds is 4. The number of hydrogen-bond acceptors (Lipinski definition) is 3. The van der Waals surface area contributed by atoms with Gasteiger partial charge in [-0.15, -0.1) is 11.3 Å². The van der Waals surface area contributed by atoms with E-state index in [1.54, 1.807) is 0 Å². The van der Waals surface area contributed by atoms with Crippen LogP contribution < -0.4 is 11.1 Å². The van der Waals surface area contributed by atoms with Crippen LogP contribution in [0.25, 0.3) is 0 Å². The van der Waals surface area contributed by atoms with Crippen LogP contribution >= 0.6 is 11.3 Å². The van der Waals surface area contributed by atoms with Crippen molar-refractivity contribution in [2.75, 3.05) is 13.1 Å². The van der Waals surface area contributed by atoms with Gasteiger partial charge in [0.25, 0.3) is 5.91 Å². The summed E-state index contributed by atoms with van der Waals surface area (Å²) in [7, 11) is 0. The lowest BCUT2D eigenvalue weighted by molar-refractivity contribution is 0.0953. The molecule has 1 aliphatic carbocycles. The second kappa shape index (κ2) is 6.58. The first-order chi connectivity index (χ1) is 8.79. The highest BCUT2D eigenvalue weighted by molar-refractivity contribution is 7.14. The normalized spacial score (nSPS) is 14.5. The Bertz CT molecular complexity index is 466. The van der Waals surface area contributed by atoms with E-state index < -0.39 is 0 Å². The van der Waals surface area contributed by atoms with Crippen LogP contribution in [-0.4, -0.2) is 19.0 Å². The maximum atomic E-state index is 11.8. The van der Waals surface area contributed by atoms with Crippen LogP contribution in [-0.2, 0) is 0 Å². The molecule has 0 aromatic carbocycles. The van der Waals surface area contributed by atoms with Gasteiger partial charge in [-0.05, 0) is 24.5 Å². The summed E-state index contributed by atoms with van der Waals surface area (Å²) in [5.74, 6) is 6.57. The van der Waals surface area contributed by atoms with Gasteiger partial charge in [-0.2, -0.15) is 0 Å².